The first-order valence-electron chi connectivity index (χ1n) is 7.43. The minimum atomic E-state index is -0.351. The minimum Gasteiger partial charge on any atom is -0.494 e. The number of amides is 2. The molecule has 0 saturated carbocycles. The Morgan fingerprint density at radius 1 is 1.39 bits per heavy atom. The molecule has 2 N–H and O–H groups in total. The molecule has 0 aromatic heterocycles. The minimum absolute atomic E-state index is 0.116. The van der Waals surface area contributed by atoms with Gasteiger partial charge in [-0.15, -0.1) is 0 Å². The number of fused-ring (bicyclic) bond motifs is 1. The molecule has 1 atom stereocenters. The molecule has 0 fully saturated rings. The molecule has 0 radical (unpaired) electrons. The zero-order chi connectivity index (χ0) is 16.2. The lowest BCUT2D eigenvalue weighted by atomic mass is 10.1. The average Bonchev–Trinajstić information content (AvgIpc) is 3.20. The van der Waals surface area contributed by atoms with Crippen LogP contribution in [0.3, 0.4) is 0 Å². The molecule has 2 heterocycles. The van der Waals surface area contributed by atoms with Gasteiger partial charge in [-0.2, -0.15) is 0 Å². The fraction of sp³-hybridized carbons (Fsp3) is 0.467. The summed E-state index contributed by atoms with van der Waals surface area (Å²) in [7, 11) is 1.52. The van der Waals surface area contributed by atoms with Crippen LogP contribution < -0.4 is 24.8 Å². The first-order valence-corrected chi connectivity index (χ1v) is 7.43. The molecule has 8 heteroatoms. The second-order valence-corrected chi connectivity index (χ2v) is 5.18. The number of nitrogens with zero attached hydrogens (tertiary/aromatic N) is 1. The fourth-order valence-corrected chi connectivity index (χ4v) is 2.37. The highest BCUT2D eigenvalue weighted by Gasteiger charge is 2.22. The molecule has 0 unspecified atom stereocenters. The van der Waals surface area contributed by atoms with Crippen LogP contribution >= 0.6 is 0 Å². The van der Waals surface area contributed by atoms with Crippen molar-refractivity contribution in [3.05, 3.63) is 12.1 Å². The summed E-state index contributed by atoms with van der Waals surface area (Å²) in [6.07, 6.45) is 1.48. The van der Waals surface area contributed by atoms with Crippen LogP contribution in [0.15, 0.2) is 17.3 Å². The number of nitrogens with one attached hydrogen (secondary N) is 2. The van der Waals surface area contributed by atoms with Gasteiger partial charge in [-0.05, 0) is 6.42 Å². The van der Waals surface area contributed by atoms with Crippen LogP contribution in [0.4, 0.5) is 10.5 Å². The van der Waals surface area contributed by atoms with Gasteiger partial charge in [-0.3, -0.25) is 0 Å². The smallest absolute Gasteiger partial charge is 0.319 e. The first-order chi connectivity index (χ1) is 11.2. The Labute approximate surface area is 133 Å². The molecule has 0 bridgehead atoms. The van der Waals surface area contributed by atoms with E-state index in [1.54, 1.807) is 12.1 Å². The van der Waals surface area contributed by atoms with Gasteiger partial charge in [0.25, 0.3) is 0 Å². The number of benzene rings is 1. The van der Waals surface area contributed by atoms with Gasteiger partial charge in [0, 0.05) is 18.6 Å². The van der Waals surface area contributed by atoms with Gasteiger partial charge >= 0.3 is 6.03 Å². The number of carbonyl (C=O) groups excluding carboxylic acids is 1. The van der Waals surface area contributed by atoms with E-state index in [2.05, 4.69) is 15.8 Å². The molecular formula is C15H19N3O5. The molecule has 8 nitrogen and oxygen atoms in total. The molecule has 23 heavy (non-hydrogen) atoms. The molecule has 0 saturated heterocycles. The topological polar surface area (TPSA) is 90.4 Å². The summed E-state index contributed by atoms with van der Waals surface area (Å²) in [5, 5.41) is 9.46. The van der Waals surface area contributed by atoms with Crippen molar-refractivity contribution in [1.82, 2.24) is 5.32 Å². The molecule has 124 valence electrons. The quantitative estimate of drug-likeness (QED) is 0.867. The Kier molecular flexibility index (Phi) is 4.40. The fourth-order valence-electron chi connectivity index (χ4n) is 2.37. The Morgan fingerprint density at radius 2 is 2.17 bits per heavy atom. The summed E-state index contributed by atoms with van der Waals surface area (Å²) in [5.74, 6) is 1.66. The summed E-state index contributed by atoms with van der Waals surface area (Å²) in [6.45, 7) is 2.56. The molecule has 0 aliphatic carbocycles. The van der Waals surface area contributed by atoms with Crippen molar-refractivity contribution in [1.29, 1.82) is 0 Å². The van der Waals surface area contributed by atoms with Crippen LogP contribution in [0, 0.1) is 0 Å². The SMILES string of the molecule is CCC1=NO[C@@H](CNC(=O)Nc2cc3c(cc2OC)OCO3)C1. The molecule has 3 rings (SSSR count). The van der Waals surface area contributed by atoms with E-state index in [4.69, 9.17) is 19.0 Å². The van der Waals surface area contributed by atoms with E-state index in [0.717, 1.165) is 18.6 Å². The number of rotatable bonds is 5. The summed E-state index contributed by atoms with van der Waals surface area (Å²) in [5.41, 5.74) is 1.52. The van der Waals surface area contributed by atoms with Crippen molar-refractivity contribution in [2.45, 2.75) is 25.9 Å². The monoisotopic (exact) mass is 321 g/mol. The Morgan fingerprint density at radius 3 is 2.87 bits per heavy atom. The molecule has 2 aliphatic rings. The number of hydrogen-bond acceptors (Lipinski definition) is 6. The summed E-state index contributed by atoms with van der Waals surface area (Å²) in [4.78, 5) is 17.3. The van der Waals surface area contributed by atoms with Gasteiger partial charge in [0.1, 0.15) is 11.9 Å². The maximum Gasteiger partial charge on any atom is 0.319 e. The average molecular weight is 321 g/mol. The van der Waals surface area contributed by atoms with Crippen LogP contribution in [0.2, 0.25) is 0 Å². The number of oxime groups is 1. The van der Waals surface area contributed by atoms with E-state index in [9.17, 15) is 4.79 Å². The van der Waals surface area contributed by atoms with Gasteiger partial charge in [-0.1, -0.05) is 12.1 Å². The number of anilines is 1. The maximum absolute atomic E-state index is 12.0. The summed E-state index contributed by atoms with van der Waals surface area (Å²) >= 11 is 0. The van der Waals surface area contributed by atoms with Gasteiger partial charge in [0.05, 0.1) is 25.1 Å². The summed E-state index contributed by atoms with van der Waals surface area (Å²) in [6, 6.07) is 3.00. The molecule has 0 spiro atoms. The van der Waals surface area contributed by atoms with Gasteiger partial charge in [-0.25, -0.2) is 4.79 Å². The lowest BCUT2D eigenvalue weighted by molar-refractivity contribution is 0.0870. The predicted molar refractivity (Wildman–Crippen MR) is 83.4 cm³/mol. The number of ether oxygens (including phenoxy) is 3. The van der Waals surface area contributed by atoms with E-state index in [-0.39, 0.29) is 18.9 Å². The first kappa shape index (κ1) is 15.3. The molecule has 1 aromatic rings. The van der Waals surface area contributed by atoms with Crippen molar-refractivity contribution in [2.24, 2.45) is 5.16 Å². The van der Waals surface area contributed by atoms with Crippen LogP contribution in [-0.2, 0) is 4.84 Å². The molecule has 2 amide bonds. The molecular weight excluding hydrogens is 302 g/mol. The van der Waals surface area contributed by atoms with Crippen molar-refractivity contribution in [3.8, 4) is 17.2 Å². The lowest BCUT2D eigenvalue weighted by Gasteiger charge is -2.13. The van der Waals surface area contributed by atoms with E-state index in [1.807, 2.05) is 6.92 Å². The van der Waals surface area contributed by atoms with Crippen LogP contribution in [0.1, 0.15) is 19.8 Å². The highest BCUT2D eigenvalue weighted by molar-refractivity contribution is 5.92. The Hall–Kier alpha value is -2.64. The van der Waals surface area contributed by atoms with E-state index in [1.165, 1.54) is 7.11 Å². The van der Waals surface area contributed by atoms with Gasteiger partial charge in [0.15, 0.2) is 11.5 Å². The third kappa shape index (κ3) is 3.41. The third-order valence-electron chi connectivity index (χ3n) is 3.64. The highest BCUT2D eigenvalue weighted by atomic mass is 16.7. The van der Waals surface area contributed by atoms with Crippen LogP contribution in [0.25, 0.3) is 0 Å². The second kappa shape index (κ2) is 6.64. The van der Waals surface area contributed by atoms with Crippen molar-refractivity contribution < 1.29 is 23.8 Å². The van der Waals surface area contributed by atoms with Crippen molar-refractivity contribution in [2.75, 3.05) is 25.8 Å². The van der Waals surface area contributed by atoms with E-state index in [0.29, 0.717) is 29.5 Å². The predicted octanol–water partition coefficient (Wildman–Crippen LogP) is 2.10. The summed E-state index contributed by atoms with van der Waals surface area (Å²) < 4.78 is 15.8. The number of urea groups is 1. The lowest BCUT2D eigenvalue weighted by Crippen LogP contribution is -2.35. The van der Waals surface area contributed by atoms with E-state index < -0.39 is 0 Å². The van der Waals surface area contributed by atoms with E-state index >= 15 is 0 Å². The van der Waals surface area contributed by atoms with Crippen molar-refractivity contribution >= 4 is 17.4 Å². The molecule has 1 aromatic carbocycles. The van der Waals surface area contributed by atoms with Gasteiger partial charge < -0.3 is 29.7 Å². The standard InChI is InChI=1S/C15H19N3O5/c1-3-9-4-10(23-18-9)7-16-15(19)17-11-5-13-14(22-8-21-13)6-12(11)20-2/h5-6,10H,3-4,7-8H2,1-2H3,(H2,16,17,19)/t10-/m1/s1. The Balaban J connectivity index is 1.56. The number of methoxy groups -OCH3 is 1. The Bertz CT molecular complexity index is 632. The maximum atomic E-state index is 12.0. The number of hydrogen-bond donors (Lipinski definition) is 2. The molecule has 2 aliphatic heterocycles. The second-order valence-electron chi connectivity index (χ2n) is 5.18. The number of carbonyl (C=O) groups is 1. The van der Waals surface area contributed by atoms with Crippen molar-refractivity contribution in [3.63, 3.8) is 0 Å². The normalized spacial score (nSPS) is 18.2. The largest absolute Gasteiger partial charge is 0.494 e. The zero-order valence-electron chi connectivity index (χ0n) is 13.0. The van der Waals surface area contributed by atoms with Gasteiger partial charge in [0.2, 0.25) is 6.79 Å². The third-order valence-corrected chi connectivity index (χ3v) is 3.64. The highest BCUT2D eigenvalue weighted by Crippen LogP contribution is 2.40. The van der Waals surface area contributed by atoms with Crippen LogP contribution in [-0.4, -0.2) is 38.3 Å². The van der Waals surface area contributed by atoms with Crippen LogP contribution in [0.5, 0.6) is 17.2 Å². The zero-order valence-corrected chi connectivity index (χ0v) is 13.0.